The van der Waals surface area contributed by atoms with Crippen LogP contribution in [-0.4, -0.2) is 53.1 Å². The molecule has 188 valence electrons. The van der Waals surface area contributed by atoms with Crippen molar-refractivity contribution in [3.05, 3.63) is 71.9 Å². The number of halogens is 1. The van der Waals surface area contributed by atoms with Crippen molar-refractivity contribution in [3.63, 3.8) is 0 Å². The third-order valence-electron chi connectivity index (χ3n) is 5.72. The SMILES string of the molecule is CC/C=C(\NC(=O)N1CC(C(=O)O)Cc2c1cnn2-c1ccc(F)cc1)c1ccnc(S(C)(=O)=O)c1. The molecule has 4 rings (SSSR count). The molecule has 0 spiro atoms. The quantitative estimate of drug-likeness (QED) is 0.517. The second-order valence-electron chi connectivity index (χ2n) is 8.33. The van der Waals surface area contributed by atoms with Crippen LogP contribution in [0.15, 0.2) is 59.9 Å². The van der Waals surface area contributed by atoms with Gasteiger partial charge in [0, 0.05) is 36.7 Å². The van der Waals surface area contributed by atoms with Crippen LogP contribution < -0.4 is 10.2 Å². The minimum atomic E-state index is -3.57. The zero-order valence-electron chi connectivity index (χ0n) is 19.6. The first kappa shape index (κ1) is 25.0. The number of nitrogens with one attached hydrogen (secondary N) is 1. The lowest BCUT2D eigenvalue weighted by Gasteiger charge is -2.31. The van der Waals surface area contributed by atoms with E-state index in [4.69, 9.17) is 0 Å². The van der Waals surface area contributed by atoms with Gasteiger partial charge in [-0.25, -0.2) is 27.3 Å². The van der Waals surface area contributed by atoms with Crippen LogP contribution in [0.2, 0.25) is 0 Å². The normalized spacial score (nSPS) is 15.9. The van der Waals surface area contributed by atoms with Crippen molar-refractivity contribution in [2.45, 2.75) is 24.8 Å². The average molecular weight is 514 g/mol. The molecule has 1 aromatic carbocycles. The molecular formula is C24H24FN5O5S. The summed E-state index contributed by atoms with van der Waals surface area (Å²) >= 11 is 0. The number of carbonyl (C=O) groups excluding carboxylic acids is 1. The summed E-state index contributed by atoms with van der Waals surface area (Å²) in [4.78, 5) is 30.5. The molecule has 0 fully saturated rings. The van der Waals surface area contributed by atoms with Crippen molar-refractivity contribution < 1.29 is 27.5 Å². The Balaban J connectivity index is 1.69. The maximum absolute atomic E-state index is 13.4. The van der Waals surface area contributed by atoms with Crippen LogP contribution in [-0.2, 0) is 21.1 Å². The predicted octanol–water partition coefficient (Wildman–Crippen LogP) is 3.03. The van der Waals surface area contributed by atoms with Gasteiger partial charge in [0.2, 0.25) is 0 Å². The molecule has 0 bridgehead atoms. The van der Waals surface area contributed by atoms with Gasteiger partial charge < -0.3 is 10.4 Å². The smallest absolute Gasteiger partial charge is 0.326 e. The number of rotatable bonds is 6. The maximum atomic E-state index is 13.4. The summed E-state index contributed by atoms with van der Waals surface area (Å²) in [7, 11) is -3.57. The zero-order valence-corrected chi connectivity index (χ0v) is 20.4. The molecular weight excluding hydrogens is 489 g/mol. The number of fused-ring (bicyclic) bond motifs is 1. The van der Waals surface area contributed by atoms with Gasteiger partial charge in [0.05, 0.1) is 29.2 Å². The van der Waals surface area contributed by atoms with Gasteiger partial charge in [-0.3, -0.25) is 9.69 Å². The monoisotopic (exact) mass is 513 g/mol. The van der Waals surface area contributed by atoms with Gasteiger partial charge in [-0.05, 0) is 42.8 Å². The van der Waals surface area contributed by atoms with Crippen molar-refractivity contribution >= 4 is 33.2 Å². The van der Waals surface area contributed by atoms with Gasteiger partial charge in [-0.2, -0.15) is 5.10 Å². The Kier molecular flexibility index (Phi) is 6.88. The summed E-state index contributed by atoms with van der Waals surface area (Å²) in [5, 5.41) is 16.7. The van der Waals surface area contributed by atoms with Crippen molar-refractivity contribution in [2.24, 2.45) is 5.92 Å². The molecule has 1 atom stereocenters. The molecule has 1 aliphatic rings. The summed E-state index contributed by atoms with van der Waals surface area (Å²) in [5.74, 6) is -2.38. The number of amides is 2. The molecule has 12 heteroatoms. The molecule has 1 unspecified atom stereocenters. The molecule has 3 heterocycles. The lowest BCUT2D eigenvalue weighted by molar-refractivity contribution is -0.141. The molecule has 1 aliphatic heterocycles. The fourth-order valence-electron chi connectivity index (χ4n) is 3.97. The van der Waals surface area contributed by atoms with Crippen molar-refractivity contribution in [1.29, 1.82) is 0 Å². The van der Waals surface area contributed by atoms with Crippen LogP contribution >= 0.6 is 0 Å². The Hall–Kier alpha value is -4.06. The Labute approximate surface area is 207 Å². The Morgan fingerprint density at radius 2 is 1.97 bits per heavy atom. The number of benzene rings is 1. The number of carboxylic acids is 1. The van der Waals surface area contributed by atoms with Crippen molar-refractivity contribution in [2.75, 3.05) is 17.7 Å². The standard InChI is InChI=1S/C24H24FN5O5S/c1-3-4-19(15-9-10-26-22(12-15)36(2,34)35)28-24(33)29-14-16(23(31)32)11-20-21(29)13-27-30(20)18-7-5-17(25)6-8-18/h4-10,12-13,16H,3,11,14H2,1-2H3,(H,28,33)(H,31,32)/b19-4-. The van der Waals surface area contributed by atoms with E-state index >= 15 is 0 Å². The fourth-order valence-corrected chi connectivity index (χ4v) is 4.56. The third-order valence-corrected chi connectivity index (χ3v) is 6.70. The minimum Gasteiger partial charge on any atom is -0.481 e. The number of carboxylic acid groups (broad SMARTS) is 1. The van der Waals surface area contributed by atoms with Gasteiger partial charge in [-0.15, -0.1) is 0 Å². The largest absolute Gasteiger partial charge is 0.481 e. The number of aromatic nitrogens is 3. The summed E-state index contributed by atoms with van der Waals surface area (Å²) in [6.07, 6.45) is 6.24. The Morgan fingerprint density at radius 3 is 2.61 bits per heavy atom. The van der Waals surface area contributed by atoms with Crippen LogP contribution in [0.3, 0.4) is 0 Å². The molecule has 0 aliphatic carbocycles. The first-order chi connectivity index (χ1) is 17.1. The molecule has 3 aromatic rings. The number of hydrogen-bond acceptors (Lipinski definition) is 6. The zero-order chi connectivity index (χ0) is 26.0. The first-order valence-electron chi connectivity index (χ1n) is 11.1. The highest BCUT2D eigenvalue weighted by molar-refractivity contribution is 7.90. The van der Waals surface area contributed by atoms with E-state index in [9.17, 15) is 27.5 Å². The van der Waals surface area contributed by atoms with Crippen LogP contribution in [0, 0.1) is 11.7 Å². The predicted molar refractivity (Wildman–Crippen MR) is 130 cm³/mol. The van der Waals surface area contributed by atoms with E-state index in [1.807, 2.05) is 6.92 Å². The second kappa shape index (κ2) is 9.90. The number of carbonyl (C=O) groups is 2. The number of anilines is 1. The number of urea groups is 1. The highest BCUT2D eigenvalue weighted by Crippen LogP contribution is 2.32. The van der Waals surface area contributed by atoms with Gasteiger partial charge >= 0.3 is 12.0 Å². The molecule has 0 saturated carbocycles. The third kappa shape index (κ3) is 5.13. The lowest BCUT2D eigenvalue weighted by Crippen LogP contribution is -2.47. The topological polar surface area (TPSA) is 134 Å². The van der Waals surface area contributed by atoms with E-state index < -0.39 is 33.6 Å². The minimum absolute atomic E-state index is 0.0897. The number of hydrogen-bond donors (Lipinski definition) is 2. The van der Waals surface area contributed by atoms with Crippen LogP contribution in [0.25, 0.3) is 11.4 Å². The van der Waals surface area contributed by atoms with E-state index in [1.54, 1.807) is 12.1 Å². The van der Waals surface area contributed by atoms with Gasteiger partial charge in [0.15, 0.2) is 14.9 Å². The molecule has 10 nitrogen and oxygen atoms in total. The van der Waals surface area contributed by atoms with Gasteiger partial charge in [0.25, 0.3) is 0 Å². The summed E-state index contributed by atoms with van der Waals surface area (Å²) in [6.45, 7) is 1.77. The number of allylic oxidation sites excluding steroid dienone is 1. The van der Waals surface area contributed by atoms with Gasteiger partial charge in [-0.1, -0.05) is 13.0 Å². The summed E-state index contributed by atoms with van der Waals surface area (Å²) in [5.41, 5.74) is 2.26. The van der Waals surface area contributed by atoms with E-state index in [-0.39, 0.29) is 18.0 Å². The molecule has 2 N–H and O–H groups in total. The lowest BCUT2D eigenvalue weighted by atomic mass is 9.97. The number of pyridine rings is 1. The number of nitrogens with zero attached hydrogens (tertiary/aromatic N) is 4. The average Bonchev–Trinajstić information content (AvgIpc) is 3.27. The number of sulfone groups is 1. The number of aliphatic carboxylic acids is 1. The van der Waals surface area contributed by atoms with Crippen molar-refractivity contribution in [3.8, 4) is 5.69 Å². The fraction of sp³-hybridized carbons (Fsp3) is 0.250. The van der Waals surface area contributed by atoms with Crippen LogP contribution in [0.5, 0.6) is 0 Å². The first-order valence-corrected chi connectivity index (χ1v) is 13.0. The van der Waals surface area contributed by atoms with Crippen LogP contribution in [0.4, 0.5) is 14.9 Å². The Bertz CT molecular complexity index is 1450. The second-order valence-corrected chi connectivity index (χ2v) is 10.3. The summed E-state index contributed by atoms with van der Waals surface area (Å²) in [6, 6.07) is 7.92. The van der Waals surface area contributed by atoms with E-state index in [0.717, 1.165) is 6.26 Å². The highest BCUT2D eigenvalue weighted by Gasteiger charge is 2.35. The summed E-state index contributed by atoms with van der Waals surface area (Å²) < 4.78 is 38.8. The van der Waals surface area contributed by atoms with Crippen LogP contribution in [0.1, 0.15) is 24.6 Å². The molecule has 2 amide bonds. The molecule has 0 saturated heterocycles. The Morgan fingerprint density at radius 1 is 1.25 bits per heavy atom. The molecule has 0 radical (unpaired) electrons. The van der Waals surface area contributed by atoms with E-state index in [1.165, 1.54) is 52.3 Å². The maximum Gasteiger partial charge on any atom is 0.326 e. The highest BCUT2D eigenvalue weighted by atomic mass is 32.2. The molecule has 36 heavy (non-hydrogen) atoms. The van der Waals surface area contributed by atoms with E-state index in [0.29, 0.717) is 34.8 Å². The van der Waals surface area contributed by atoms with Crippen molar-refractivity contribution in [1.82, 2.24) is 20.1 Å². The van der Waals surface area contributed by atoms with E-state index in [2.05, 4.69) is 15.4 Å². The van der Waals surface area contributed by atoms with Gasteiger partial charge in [0.1, 0.15) is 5.82 Å². The molecule has 2 aromatic heterocycles.